The van der Waals surface area contributed by atoms with Crippen molar-refractivity contribution >= 4 is 0 Å². The van der Waals surface area contributed by atoms with Crippen LogP contribution in [0.1, 0.15) is 44.0 Å². The van der Waals surface area contributed by atoms with Gasteiger partial charge >= 0.3 is 0 Å². The van der Waals surface area contributed by atoms with Crippen LogP contribution in [0.3, 0.4) is 0 Å². The summed E-state index contributed by atoms with van der Waals surface area (Å²) in [5.41, 5.74) is 1.07. The van der Waals surface area contributed by atoms with Crippen LogP contribution < -0.4 is 10.1 Å². The second-order valence-corrected chi connectivity index (χ2v) is 4.60. The quantitative estimate of drug-likeness (QED) is 0.736. The molecule has 1 heterocycles. The summed E-state index contributed by atoms with van der Waals surface area (Å²) in [6, 6.07) is 0.694. The number of unbranched alkanes of at least 4 members (excludes halogenated alkanes) is 1. The zero-order valence-corrected chi connectivity index (χ0v) is 10.7. The van der Waals surface area contributed by atoms with Crippen LogP contribution in [-0.2, 0) is 6.54 Å². The number of nitrogens with one attached hydrogen (secondary N) is 1. The summed E-state index contributed by atoms with van der Waals surface area (Å²) >= 11 is 0. The van der Waals surface area contributed by atoms with Gasteiger partial charge in [0, 0.05) is 24.3 Å². The maximum Gasteiger partial charge on any atom is 0.221 e. The Morgan fingerprint density at radius 3 is 3.00 bits per heavy atom. The van der Waals surface area contributed by atoms with Gasteiger partial charge in [0.15, 0.2) is 0 Å². The van der Waals surface area contributed by atoms with Crippen LogP contribution in [0.5, 0.6) is 5.88 Å². The molecule has 1 saturated carbocycles. The third-order valence-corrected chi connectivity index (χ3v) is 2.84. The summed E-state index contributed by atoms with van der Waals surface area (Å²) in [6.07, 6.45) is 6.66. The van der Waals surface area contributed by atoms with Crippen molar-refractivity contribution in [1.29, 1.82) is 0 Å². The van der Waals surface area contributed by atoms with Crippen molar-refractivity contribution in [2.24, 2.45) is 0 Å². The number of rotatable bonds is 7. The Morgan fingerprint density at radius 2 is 2.29 bits per heavy atom. The normalized spacial score (nSPS) is 14.9. The predicted octanol–water partition coefficient (Wildman–Crippen LogP) is 2.22. The van der Waals surface area contributed by atoms with Crippen LogP contribution in [-0.4, -0.2) is 22.6 Å². The van der Waals surface area contributed by atoms with E-state index in [1.54, 1.807) is 0 Å². The van der Waals surface area contributed by atoms with Crippen molar-refractivity contribution in [1.82, 2.24) is 15.3 Å². The molecule has 94 valence electrons. The lowest BCUT2D eigenvalue weighted by molar-refractivity contribution is 0.292. The summed E-state index contributed by atoms with van der Waals surface area (Å²) < 4.78 is 5.72. The summed E-state index contributed by atoms with van der Waals surface area (Å²) in [7, 11) is 0. The fourth-order valence-corrected chi connectivity index (χ4v) is 1.58. The number of hydrogen-bond donors (Lipinski definition) is 1. The van der Waals surface area contributed by atoms with Crippen molar-refractivity contribution in [3.8, 4) is 5.88 Å². The van der Waals surface area contributed by atoms with Crippen molar-refractivity contribution in [2.75, 3.05) is 6.61 Å². The molecular formula is C13H21N3O. The van der Waals surface area contributed by atoms with Gasteiger partial charge in [-0.2, -0.15) is 4.98 Å². The highest BCUT2D eigenvalue weighted by Crippen LogP contribution is 2.21. The Balaban J connectivity index is 1.95. The fourth-order valence-electron chi connectivity index (χ4n) is 1.58. The lowest BCUT2D eigenvalue weighted by Crippen LogP contribution is -2.17. The molecule has 0 bridgehead atoms. The molecule has 0 aliphatic heterocycles. The van der Waals surface area contributed by atoms with Crippen LogP contribution in [0.15, 0.2) is 6.20 Å². The summed E-state index contributed by atoms with van der Waals surface area (Å²) in [5.74, 6) is 1.52. The lowest BCUT2D eigenvalue weighted by Gasteiger charge is -2.10. The number of ether oxygens (including phenoxy) is 1. The molecule has 1 aromatic heterocycles. The highest BCUT2D eigenvalue weighted by atomic mass is 16.5. The van der Waals surface area contributed by atoms with E-state index in [-0.39, 0.29) is 0 Å². The van der Waals surface area contributed by atoms with Crippen LogP contribution in [0.2, 0.25) is 0 Å². The lowest BCUT2D eigenvalue weighted by atomic mass is 10.3. The highest BCUT2D eigenvalue weighted by molar-refractivity contribution is 5.23. The molecule has 0 spiro atoms. The monoisotopic (exact) mass is 235 g/mol. The Kier molecular flexibility index (Phi) is 4.31. The first-order valence-electron chi connectivity index (χ1n) is 6.48. The van der Waals surface area contributed by atoms with E-state index in [0.717, 1.165) is 43.3 Å². The van der Waals surface area contributed by atoms with Crippen LogP contribution in [0.25, 0.3) is 0 Å². The number of aryl methyl sites for hydroxylation is 1. The Hall–Kier alpha value is -1.16. The molecule has 1 fully saturated rings. The van der Waals surface area contributed by atoms with Gasteiger partial charge in [0.05, 0.1) is 6.61 Å². The van der Waals surface area contributed by atoms with E-state index in [1.807, 2.05) is 13.1 Å². The van der Waals surface area contributed by atoms with Gasteiger partial charge in [-0.25, -0.2) is 4.98 Å². The largest absolute Gasteiger partial charge is 0.477 e. The molecule has 0 aromatic carbocycles. The fraction of sp³-hybridized carbons (Fsp3) is 0.692. The molecule has 0 saturated heterocycles. The van der Waals surface area contributed by atoms with Gasteiger partial charge in [-0.3, -0.25) is 0 Å². The molecule has 1 N–H and O–H groups in total. The Labute approximate surface area is 103 Å². The molecule has 17 heavy (non-hydrogen) atoms. The molecule has 0 amide bonds. The van der Waals surface area contributed by atoms with Crippen LogP contribution in [0.4, 0.5) is 0 Å². The van der Waals surface area contributed by atoms with Crippen molar-refractivity contribution in [2.45, 2.75) is 52.1 Å². The first-order chi connectivity index (χ1) is 8.29. The van der Waals surface area contributed by atoms with Crippen molar-refractivity contribution < 1.29 is 4.74 Å². The Bertz CT molecular complexity index is 364. The number of nitrogens with zero attached hydrogens (tertiary/aromatic N) is 2. The van der Waals surface area contributed by atoms with Crippen LogP contribution in [0, 0.1) is 6.92 Å². The van der Waals surface area contributed by atoms with E-state index in [2.05, 4.69) is 22.2 Å². The topological polar surface area (TPSA) is 47.0 Å². The van der Waals surface area contributed by atoms with E-state index < -0.39 is 0 Å². The zero-order chi connectivity index (χ0) is 12.1. The van der Waals surface area contributed by atoms with Gasteiger partial charge in [0.1, 0.15) is 5.82 Å². The van der Waals surface area contributed by atoms with E-state index in [4.69, 9.17) is 4.74 Å². The van der Waals surface area contributed by atoms with Crippen molar-refractivity contribution in [3.05, 3.63) is 17.6 Å². The second kappa shape index (κ2) is 5.96. The van der Waals surface area contributed by atoms with Gasteiger partial charge in [-0.1, -0.05) is 13.3 Å². The average Bonchev–Trinajstić information content (AvgIpc) is 3.12. The highest BCUT2D eigenvalue weighted by Gasteiger charge is 2.21. The van der Waals surface area contributed by atoms with E-state index >= 15 is 0 Å². The molecular weight excluding hydrogens is 214 g/mol. The maximum absolute atomic E-state index is 5.72. The molecule has 1 aliphatic rings. The number of aromatic nitrogens is 2. The molecule has 4 heteroatoms. The molecule has 0 atom stereocenters. The molecule has 1 aromatic rings. The first kappa shape index (κ1) is 12.3. The summed E-state index contributed by atoms with van der Waals surface area (Å²) in [6.45, 7) is 5.60. The van der Waals surface area contributed by atoms with Gasteiger partial charge in [-0.15, -0.1) is 0 Å². The minimum atomic E-state index is 0.694. The minimum absolute atomic E-state index is 0.694. The molecule has 4 nitrogen and oxygen atoms in total. The second-order valence-electron chi connectivity index (χ2n) is 4.60. The predicted molar refractivity (Wildman–Crippen MR) is 67.0 cm³/mol. The Morgan fingerprint density at radius 1 is 1.47 bits per heavy atom. The summed E-state index contributed by atoms with van der Waals surface area (Å²) in [4.78, 5) is 8.61. The smallest absolute Gasteiger partial charge is 0.221 e. The van der Waals surface area contributed by atoms with Crippen molar-refractivity contribution in [3.63, 3.8) is 0 Å². The first-order valence-corrected chi connectivity index (χ1v) is 6.48. The van der Waals surface area contributed by atoms with E-state index in [1.165, 1.54) is 12.8 Å². The standard InChI is InChI=1S/C13H21N3O/c1-3-4-7-17-13-11(8-14-10(2)16-13)9-15-12-5-6-12/h8,12,15H,3-7,9H2,1-2H3. The summed E-state index contributed by atoms with van der Waals surface area (Å²) in [5, 5.41) is 3.46. The van der Waals surface area contributed by atoms with E-state index in [0.29, 0.717) is 6.04 Å². The number of hydrogen-bond acceptors (Lipinski definition) is 4. The zero-order valence-electron chi connectivity index (χ0n) is 10.7. The molecule has 0 unspecified atom stereocenters. The SMILES string of the molecule is CCCCOc1nc(C)ncc1CNC1CC1. The third-order valence-electron chi connectivity index (χ3n) is 2.84. The third kappa shape index (κ3) is 3.97. The molecule has 2 rings (SSSR count). The van der Waals surface area contributed by atoms with E-state index in [9.17, 15) is 0 Å². The van der Waals surface area contributed by atoms with Gasteiger partial charge < -0.3 is 10.1 Å². The molecule has 1 aliphatic carbocycles. The van der Waals surface area contributed by atoms with Gasteiger partial charge in [0.25, 0.3) is 0 Å². The maximum atomic E-state index is 5.72. The molecule has 0 radical (unpaired) electrons. The average molecular weight is 235 g/mol. The van der Waals surface area contributed by atoms with Gasteiger partial charge in [0.2, 0.25) is 5.88 Å². The van der Waals surface area contributed by atoms with Gasteiger partial charge in [-0.05, 0) is 26.2 Å². The van der Waals surface area contributed by atoms with Crippen LogP contribution >= 0.6 is 0 Å². The minimum Gasteiger partial charge on any atom is -0.477 e.